The van der Waals surface area contributed by atoms with Gasteiger partial charge in [-0.3, -0.25) is 0 Å². The first-order chi connectivity index (χ1) is 8.77. The summed E-state index contributed by atoms with van der Waals surface area (Å²) in [7, 11) is 1.65. The number of hydrogen-bond donors (Lipinski definition) is 1. The van der Waals surface area contributed by atoms with Gasteiger partial charge in [-0.05, 0) is 13.0 Å². The molecule has 0 atom stereocenters. The number of carbonyl (C=O) groups is 1. The molecule has 0 aliphatic carbocycles. The van der Waals surface area contributed by atoms with Crippen LogP contribution in [0, 0.1) is 0 Å². The van der Waals surface area contributed by atoms with Crippen molar-refractivity contribution < 1.29 is 14.3 Å². The molecule has 0 unspecified atom stereocenters. The molecule has 0 amide bonds. The Balaban J connectivity index is 2.31. The summed E-state index contributed by atoms with van der Waals surface area (Å²) in [4.78, 5) is 11.0. The Labute approximate surface area is 108 Å². The summed E-state index contributed by atoms with van der Waals surface area (Å²) in [5.74, 6) is 0.552. The molecule has 0 heterocycles. The monoisotopic (exact) mass is 249 g/mol. The maximum Gasteiger partial charge on any atom is 0.330 e. The molecule has 0 aliphatic heterocycles. The van der Waals surface area contributed by atoms with E-state index in [4.69, 9.17) is 9.47 Å². The molecule has 0 saturated carbocycles. The number of ether oxygens (including phenoxy) is 2. The zero-order chi connectivity index (χ0) is 13.2. The Bertz CT molecular complexity index is 402. The highest BCUT2D eigenvalue weighted by atomic mass is 16.5. The number of hydrogen-bond acceptors (Lipinski definition) is 4. The molecule has 0 aromatic heterocycles. The largest absolute Gasteiger partial charge is 0.496 e. The van der Waals surface area contributed by atoms with Crippen molar-refractivity contribution in [3.05, 3.63) is 42.0 Å². The Hall–Kier alpha value is -1.81. The van der Waals surface area contributed by atoms with Gasteiger partial charge in [-0.25, -0.2) is 4.79 Å². The minimum atomic E-state index is -0.309. The summed E-state index contributed by atoms with van der Waals surface area (Å²) in [6.07, 6.45) is 3.17. The highest BCUT2D eigenvalue weighted by Gasteiger charge is 1.99. The third kappa shape index (κ3) is 5.01. The van der Waals surface area contributed by atoms with Crippen LogP contribution in [0.3, 0.4) is 0 Å². The summed E-state index contributed by atoms with van der Waals surface area (Å²) in [5.41, 5.74) is 1.09. The predicted octanol–water partition coefficient (Wildman–Crippen LogP) is 1.90. The Kier molecular flexibility index (Phi) is 6.58. The van der Waals surface area contributed by atoms with Crippen molar-refractivity contribution >= 4 is 5.97 Å². The summed E-state index contributed by atoms with van der Waals surface area (Å²) < 4.78 is 10.0. The topological polar surface area (TPSA) is 47.6 Å². The molecule has 0 radical (unpaired) electrons. The average Bonchev–Trinajstić information content (AvgIpc) is 2.39. The molecule has 0 spiro atoms. The van der Waals surface area contributed by atoms with Gasteiger partial charge >= 0.3 is 5.97 Å². The molecule has 1 aromatic carbocycles. The zero-order valence-electron chi connectivity index (χ0n) is 10.8. The normalized spacial score (nSPS) is 10.6. The second-order valence-corrected chi connectivity index (χ2v) is 3.60. The van der Waals surface area contributed by atoms with Gasteiger partial charge in [0.25, 0.3) is 0 Å². The SMILES string of the molecule is CCOC(=O)/C=C/CNCc1ccccc1OC. The molecular weight excluding hydrogens is 230 g/mol. The van der Waals surface area contributed by atoms with Gasteiger partial charge in [0.1, 0.15) is 5.75 Å². The molecule has 0 fully saturated rings. The standard InChI is InChI=1S/C14H19NO3/c1-3-18-14(16)9-6-10-15-11-12-7-4-5-8-13(12)17-2/h4-9,15H,3,10-11H2,1-2H3/b9-6+. The predicted molar refractivity (Wildman–Crippen MR) is 70.5 cm³/mol. The van der Waals surface area contributed by atoms with Crippen molar-refractivity contribution in [1.82, 2.24) is 5.32 Å². The molecule has 0 saturated heterocycles. The van der Waals surface area contributed by atoms with Crippen LogP contribution in [0.25, 0.3) is 0 Å². The van der Waals surface area contributed by atoms with E-state index in [1.54, 1.807) is 20.1 Å². The van der Waals surface area contributed by atoms with E-state index < -0.39 is 0 Å². The lowest BCUT2D eigenvalue weighted by Crippen LogP contribution is -2.14. The van der Waals surface area contributed by atoms with Crippen LogP contribution in [0.2, 0.25) is 0 Å². The molecule has 0 bridgehead atoms. The van der Waals surface area contributed by atoms with Crippen LogP contribution >= 0.6 is 0 Å². The van der Waals surface area contributed by atoms with E-state index in [-0.39, 0.29) is 5.97 Å². The average molecular weight is 249 g/mol. The van der Waals surface area contributed by atoms with E-state index in [1.807, 2.05) is 24.3 Å². The van der Waals surface area contributed by atoms with E-state index in [2.05, 4.69) is 5.32 Å². The van der Waals surface area contributed by atoms with Crippen molar-refractivity contribution in [3.8, 4) is 5.75 Å². The van der Waals surface area contributed by atoms with Crippen LogP contribution in [0.15, 0.2) is 36.4 Å². The number of nitrogens with one attached hydrogen (secondary N) is 1. The third-order valence-corrected chi connectivity index (χ3v) is 2.31. The van der Waals surface area contributed by atoms with Crippen LogP contribution < -0.4 is 10.1 Å². The van der Waals surface area contributed by atoms with Gasteiger partial charge in [-0.15, -0.1) is 0 Å². The van der Waals surface area contributed by atoms with Gasteiger partial charge in [0.15, 0.2) is 0 Å². The Morgan fingerprint density at radius 2 is 2.17 bits per heavy atom. The first kappa shape index (κ1) is 14.3. The van der Waals surface area contributed by atoms with Crippen LogP contribution in [-0.2, 0) is 16.1 Å². The molecular formula is C14H19NO3. The molecule has 1 rings (SSSR count). The third-order valence-electron chi connectivity index (χ3n) is 2.31. The summed E-state index contributed by atoms with van der Waals surface area (Å²) in [6.45, 7) is 3.48. The molecule has 18 heavy (non-hydrogen) atoms. The van der Waals surface area contributed by atoms with Gasteiger partial charge in [-0.2, -0.15) is 0 Å². The lowest BCUT2D eigenvalue weighted by Gasteiger charge is -2.07. The van der Waals surface area contributed by atoms with Crippen LogP contribution in [-0.4, -0.2) is 26.2 Å². The first-order valence-electron chi connectivity index (χ1n) is 5.93. The second-order valence-electron chi connectivity index (χ2n) is 3.60. The molecule has 98 valence electrons. The van der Waals surface area contributed by atoms with E-state index in [0.29, 0.717) is 19.7 Å². The Morgan fingerprint density at radius 1 is 1.39 bits per heavy atom. The summed E-state index contributed by atoms with van der Waals surface area (Å²) in [6, 6.07) is 7.82. The number of methoxy groups -OCH3 is 1. The fraction of sp³-hybridized carbons (Fsp3) is 0.357. The van der Waals surface area contributed by atoms with Crippen molar-refractivity contribution in [1.29, 1.82) is 0 Å². The second kappa shape index (κ2) is 8.31. The fourth-order valence-corrected chi connectivity index (χ4v) is 1.48. The lowest BCUT2D eigenvalue weighted by atomic mass is 10.2. The van der Waals surface area contributed by atoms with E-state index in [0.717, 1.165) is 11.3 Å². The van der Waals surface area contributed by atoms with Crippen LogP contribution in [0.4, 0.5) is 0 Å². The van der Waals surface area contributed by atoms with E-state index >= 15 is 0 Å². The number of rotatable bonds is 7. The highest BCUT2D eigenvalue weighted by molar-refractivity contribution is 5.81. The Morgan fingerprint density at radius 3 is 2.89 bits per heavy atom. The van der Waals surface area contributed by atoms with Crippen molar-refractivity contribution in [2.75, 3.05) is 20.3 Å². The van der Waals surface area contributed by atoms with Gasteiger partial charge in [-0.1, -0.05) is 24.3 Å². The fourth-order valence-electron chi connectivity index (χ4n) is 1.48. The lowest BCUT2D eigenvalue weighted by molar-refractivity contribution is -0.137. The van der Waals surface area contributed by atoms with Crippen molar-refractivity contribution in [2.45, 2.75) is 13.5 Å². The molecule has 4 nitrogen and oxygen atoms in total. The number of carbonyl (C=O) groups excluding carboxylic acids is 1. The smallest absolute Gasteiger partial charge is 0.330 e. The first-order valence-corrected chi connectivity index (χ1v) is 5.93. The minimum Gasteiger partial charge on any atom is -0.496 e. The van der Waals surface area contributed by atoms with E-state index in [9.17, 15) is 4.79 Å². The maximum absolute atomic E-state index is 11.0. The minimum absolute atomic E-state index is 0.309. The summed E-state index contributed by atoms with van der Waals surface area (Å²) in [5, 5.41) is 3.20. The zero-order valence-corrected chi connectivity index (χ0v) is 10.8. The van der Waals surface area contributed by atoms with Gasteiger partial charge in [0.05, 0.1) is 13.7 Å². The number of para-hydroxylation sites is 1. The highest BCUT2D eigenvalue weighted by Crippen LogP contribution is 2.16. The van der Waals surface area contributed by atoms with E-state index in [1.165, 1.54) is 6.08 Å². The number of benzene rings is 1. The van der Waals surface area contributed by atoms with Gasteiger partial charge in [0.2, 0.25) is 0 Å². The van der Waals surface area contributed by atoms with Crippen molar-refractivity contribution in [2.24, 2.45) is 0 Å². The maximum atomic E-state index is 11.0. The van der Waals surface area contributed by atoms with Crippen LogP contribution in [0.1, 0.15) is 12.5 Å². The molecule has 1 aromatic rings. The molecule has 1 N–H and O–H groups in total. The molecule has 4 heteroatoms. The molecule has 0 aliphatic rings. The quantitative estimate of drug-likeness (QED) is 0.455. The van der Waals surface area contributed by atoms with Crippen LogP contribution in [0.5, 0.6) is 5.75 Å². The van der Waals surface area contributed by atoms with Gasteiger partial charge in [0, 0.05) is 24.7 Å². The number of esters is 1. The van der Waals surface area contributed by atoms with Crippen molar-refractivity contribution in [3.63, 3.8) is 0 Å². The summed E-state index contributed by atoms with van der Waals surface area (Å²) >= 11 is 0. The van der Waals surface area contributed by atoms with Gasteiger partial charge < -0.3 is 14.8 Å².